The summed E-state index contributed by atoms with van der Waals surface area (Å²) >= 11 is 0. The smallest absolute Gasteiger partial charge is 0.407 e. The number of hydrogen-bond acceptors (Lipinski definition) is 4. The Balaban J connectivity index is 1.44. The summed E-state index contributed by atoms with van der Waals surface area (Å²) in [5.41, 5.74) is 4.47. The zero-order valence-corrected chi connectivity index (χ0v) is 19.7. The number of carbonyl (C=O) groups excluding carboxylic acids is 2. The summed E-state index contributed by atoms with van der Waals surface area (Å²) in [6.45, 7) is 4.83. The van der Waals surface area contributed by atoms with E-state index in [9.17, 15) is 14.4 Å². The molecular weight excluding hydrogens is 432 g/mol. The second-order valence-corrected chi connectivity index (χ2v) is 9.48. The zero-order valence-electron chi connectivity index (χ0n) is 19.7. The molecule has 2 aromatic carbocycles. The molecule has 1 fully saturated rings. The number of benzene rings is 2. The van der Waals surface area contributed by atoms with Crippen LogP contribution in [0.3, 0.4) is 0 Å². The third-order valence-corrected chi connectivity index (χ3v) is 6.98. The third-order valence-electron chi connectivity index (χ3n) is 6.98. The molecule has 2 N–H and O–H groups in total. The van der Waals surface area contributed by atoms with Crippen LogP contribution in [0.5, 0.6) is 0 Å². The van der Waals surface area contributed by atoms with Crippen molar-refractivity contribution >= 4 is 18.0 Å². The first kappa shape index (κ1) is 23.8. The van der Waals surface area contributed by atoms with Crippen LogP contribution >= 0.6 is 0 Å². The molecule has 7 nitrogen and oxygen atoms in total. The third kappa shape index (κ3) is 5.08. The minimum Gasteiger partial charge on any atom is -0.481 e. The molecule has 0 radical (unpaired) electrons. The first-order valence-corrected chi connectivity index (χ1v) is 12.0. The first-order valence-electron chi connectivity index (χ1n) is 12.0. The molecule has 34 heavy (non-hydrogen) atoms. The normalized spacial score (nSPS) is 20.2. The summed E-state index contributed by atoms with van der Waals surface area (Å²) in [5, 5.41) is 11.8. The highest BCUT2D eigenvalue weighted by atomic mass is 16.5. The van der Waals surface area contributed by atoms with E-state index in [1.54, 1.807) is 4.90 Å². The zero-order chi connectivity index (χ0) is 24.2. The minimum atomic E-state index is -1.01. The number of fused-ring (bicyclic) bond motifs is 3. The molecule has 3 unspecified atom stereocenters. The van der Waals surface area contributed by atoms with Gasteiger partial charge in [-0.2, -0.15) is 0 Å². The standard InChI is InChI=1S/C27H32N2O5/c1-17-11-12-18(2)29(15-17)26(32)24(13-14-25(30)31)28-27(33)34-16-23-21-9-5-3-7-19(21)20-8-4-6-10-22(20)23/h3-10,17-18,23-24H,11-16H2,1-2H3,(H,28,33)(H,30,31). The van der Waals surface area contributed by atoms with E-state index in [4.69, 9.17) is 9.84 Å². The average Bonchev–Trinajstić information content (AvgIpc) is 3.15. The van der Waals surface area contributed by atoms with Gasteiger partial charge in [0.2, 0.25) is 5.91 Å². The van der Waals surface area contributed by atoms with E-state index in [0.717, 1.165) is 35.1 Å². The number of aliphatic carboxylic acids is 1. The van der Waals surface area contributed by atoms with E-state index >= 15 is 0 Å². The van der Waals surface area contributed by atoms with Gasteiger partial charge in [-0.15, -0.1) is 0 Å². The Morgan fingerprint density at radius 2 is 1.65 bits per heavy atom. The van der Waals surface area contributed by atoms with Gasteiger partial charge < -0.3 is 20.1 Å². The monoisotopic (exact) mass is 464 g/mol. The molecule has 1 aliphatic carbocycles. The maximum Gasteiger partial charge on any atom is 0.407 e. The highest BCUT2D eigenvalue weighted by Crippen LogP contribution is 2.44. The van der Waals surface area contributed by atoms with Gasteiger partial charge in [0.25, 0.3) is 0 Å². The summed E-state index contributed by atoms with van der Waals surface area (Å²) in [7, 11) is 0. The number of ether oxygens (including phenoxy) is 1. The van der Waals surface area contributed by atoms with Crippen LogP contribution in [0.4, 0.5) is 4.79 Å². The van der Waals surface area contributed by atoms with Crippen molar-refractivity contribution in [1.82, 2.24) is 10.2 Å². The molecule has 180 valence electrons. The summed E-state index contributed by atoms with van der Waals surface area (Å²) in [5.74, 6) is -0.968. The molecule has 1 saturated heterocycles. The van der Waals surface area contributed by atoms with Gasteiger partial charge >= 0.3 is 12.1 Å². The number of hydrogen-bond donors (Lipinski definition) is 2. The maximum atomic E-state index is 13.3. The van der Waals surface area contributed by atoms with E-state index < -0.39 is 18.1 Å². The van der Waals surface area contributed by atoms with Crippen molar-refractivity contribution in [3.05, 3.63) is 59.7 Å². The Labute approximate surface area is 200 Å². The van der Waals surface area contributed by atoms with Crippen molar-refractivity contribution in [1.29, 1.82) is 0 Å². The fourth-order valence-corrected chi connectivity index (χ4v) is 5.10. The molecule has 2 aliphatic rings. The SMILES string of the molecule is CC1CCC(C)N(C(=O)C(CCC(=O)O)NC(=O)OCC2c3ccccc3-c3ccccc32)C1. The number of likely N-dealkylation sites (tertiary alicyclic amines) is 1. The molecule has 3 atom stereocenters. The number of carbonyl (C=O) groups is 3. The number of nitrogens with zero attached hydrogens (tertiary/aromatic N) is 1. The van der Waals surface area contributed by atoms with Crippen molar-refractivity contribution in [2.75, 3.05) is 13.2 Å². The molecule has 2 aromatic rings. The summed E-state index contributed by atoms with van der Waals surface area (Å²) < 4.78 is 5.59. The number of alkyl carbamates (subject to hydrolysis) is 1. The summed E-state index contributed by atoms with van der Waals surface area (Å²) in [6.07, 6.45) is 1.05. The van der Waals surface area contributed by atoms with E-state index in [1.807, 2.05) is 43.3 Å². The van der Waals surface area contributed by atoms with Crippen LogP contribution in [0.15, 0.2) is 48.5 Å². The predicted octanol–water partition coefficient (Wildman–Crippen LogP) is 4.41. The fourth-order valence-electron chi connectivity index (χ4n) is 5.10. The lowest BCUT2D eigenvalue weighted by Crippen LogP contribution is -2.54. The summed E-state index contributed by atoms with van der Waals surface area (Å²) in [6, 6.07) is 15.3. The molecule has 4 rings (SSSR count). The van der Waals surface area contributed by atoms with E-state index in [1.165, 1.54) is 0 Å². The molecule has 2 amide bonds. The highest BCUT2D eigenvalue weighted by molar-refractivity contribution is 5.86. The highest BCUT2D eigenvalue weighted by Gasteiger charge is 2.34. The van der Waals surface area contributed by atoms with Crippen LogP contribution in [0.1, 0.15) is 56.6 Å². The van der Waals surface area contributed by atoms with Crippen LogP contribution in [-0.2, 0) is 14.3 Å². The molecule has 0 saturated carbocycles. The molecule has 0 bridgehead atoms. The quantitative estimate of drug-likeness (QED) is 0.633. The lowest BCUT2D eigenvalue weighted by atomic mass is 9.94. The van der Waals surface area contributed by atoms with E-state index in [2.05, 4.69) is 24.4 Å². The van der Waals surface area contributed by atoms with Crippen molar-refractivity contribution < 1.29 is 24.2 Å². The van der Waals surface area contributed by atoms with Crippen molar-refractivity contribution in [2.24, 2.45) is 5.92 Å². The van der Waals surface area contributed by atoms with Gasteiger partial charge in [-0.25, -0.2) is 4.79 Å². The topological polar surface area (TPSA) is 95.9 Å². The molecule has 0 spiro atoms. The average molecular weight is 465 g/mol. The summed E-state index contributed by atoms with van der Waals surface area (Å²) in [4.78, 5) is 39.0. The van der Waals surface area contributed by atoms with Crippen LogP contribution in [0.25, 0.3) is 11.1 Å². The van der Waals surface area contributed by atoms with Gasteiger partial charge in [-0.05, 0) is 54.4 Å². The van der Waals surface area contributed by atoms with Gasteiger partial charge in [-0.1, -0.05) is 55.5 Å². The molecule has 1 heterocycles. The minimum absolute atomic E-state index is 0.0238. The number of carboxylic acids is 1. The first-order chi connectivity index (χ1) is 16.3. The van der Waals surface area contributed by atoms with Gasteiger partial charge in [-0.3, -0.25) is 9.59 Å². The maximum absolute atomic E-state index is 13.3. The Morgan fingerprint density at radius 1 is 1.03 bits per heavy atom. The molecule has 7 heteroatoms. The van der Waals surface area contributed by atoms with Crippen molar-refractivity contribution in [2.45, 2.75) is 57.5 Å². The van der Waals surface area contributed by atoms with Crippen LogP contribution in [0, 0.1) is 5.92 Å². The molecule has 0 aromatic heterocycles. The number of carboxylic acid groups (broad SMARTS) is 1. The van der Waals surface area contributed by atoms with Gasteiger partial charge in [0, 0.05) is 24.9 Å². The molecular formula is C27H32N2O5. The fraction of sp³-hybridized carbons (Fsp3) is 0.444. The Morgan fingerprint density at radius 3 is 2.26 bits per heavy atom. The Hall–Kier alpha value is -3.35. The van der Waals surface area contributed by atoms with Crippen molar-refractivity contribution in [3.63, 3.8) is 0 Å². The van der Waals surface area contributed by atoms with Gasteiger partial charge in [0.05, 0.1) is 0 Å². The number of piperidine rings is 1. The Kier molecular flexibility index (Phi) is 7.20. The number of amides is 2. The van der Waals surface area contributed by atoms with E-state index in [-0.39, 0.29) is 37.3 Å². The second-order valence-electron chi connectivity index (χ2n) is 9.48. The molecule has 1 aliphatic heterocycles. The van der Waals surface area contributed by atoms with E-state index in [0.29, 0.717) is 12.5 Å². The Bertz CT molecular complexity index is 1020. The van der Waals surface area contributed by atoms with Crippen LogP contribution in [-0.4, -0.2) is 53.2 Å². The van der Waals surface area contributed by atoms with Crippen LogP contribution < -0.4 is 5.32 Å². The second kappa shape index (κ2) is 10.3. The predicted molar refractivity (Wildman–Crippen MR) is 128 cm³/mol. The number of rotatable bonds is 7. The lowest BCUT2D eigenvalue weighted by Gasteiger charge is -2.38. The lowest BCUT2D eigenvalue weighted by molar-refractivity contribution is -0.139. The van der Waals surface area contributed by atoms with Crippen molar-refractivity contribution in [3.8, 4) is 11.1 Å². The largest absolute Gasteiger partial charge is 0.481 e. The van der Waals surface area contributed by atoms with Gasteiger partial charge in [0.1, 0.15) is 12.6 Å². The van der Waals surface area contributed by atoms with Crippen LogP contribution in [0.2, 0.25) is 0 Å². The number of nitrogens with one attached hydrogen (secondary N) is 1. The van der Waals surface area contributed by atoms with Gasteiger partial charge in [0.15, 0.2) is 0 Å².